The molecule has 0 saturated carbocycles. The van der Waals surface area contributed by atoms with Gasteiger partial charge < -0.3 is 0 Å². The van der Waals surface area contributed by atoms with Gasteiger partial charge in [-0.1, -0.05) is 31.2 Å². The molecule has 1 aliphatic heterocycles. The Hall–Kier alpha value is -2.32. The Morgan fingerprint density at radius 3 is 2.71 bits per heavy atom. The summed E-state index contributed by atoms with van der Waals surface area (Å²) in [4.78, 5) is 0.219. The van der Waals surface area contributed by atoms with Crippen LogP contribution >= 0.6 is 0 Å². The van der Waals surface area contributed by atoms with Crippen LogP contribution in [0.2, 0.25) is 0 Å². The second-order valence-corrected chi connectivity index (χ2v) is 7.91. The van der Waals surface area contributed by atoms with E-state index in [1.807, 2.05) is 37.3 Å². The van der Waals surface area contributed by atoms with Crippen molar-refractivity contribution in [3.8, 4) is 6.07 Å². The summed E-state index contributed by atoms with van der Waals surface area (Å²) in [6.07, 6.45) is 2.45. The lowest BCUT2D eigenvalue weighted by Gasteiger charge is -2.37. The quantitative estimate of drug-likeness (QED) is 0.854. The Kier molecular flexibility index (Phi) is 4.33. The predicted molar refractivity (Wildman–Crippen MR) is 94.4 cm³/mol. The molecule has 0 saturated heterocycles. The molecule has 0 spiro atoms. The highest BCUT2D eigenvalue weighted by atomic mass is 32.2. The highest BCUT2D eigenvalue weighted by Crippen LogP contribution is 2.37. The molecule has 3 rings (SSSR count). The molecule has 2 aromatic carbocycles. The normalized spacial score (nSPS) is 17.2. The van der Waals surface area contributed by atoms with Gasteiger partial charge in [-0.3, -0.25) is 4.31 Å². The molecule has 2 aromatic rings. The Morgan fingerprint density at radius 1 is 1.25 bits per heavy atom. The van der Waals surface area contributed by atoms with Gasteiger partial charge in [0.1, 0.15) is 0 Å². The Balaban J connectivity index is 2.20. The second kappa shape index (κ2) is 6.29. The number of nitrogens with zero attached hydrogens (tertiary/aromatic N) is 2. The number of aryl methyl sites for hydroxylation is 2. The van der Waals surface area contributed by atoms with Crippen LogP contribution in [0.5, 0.6) is 0 Å². The van der Waals surface area contributed by atoms with E-state index in [1.165, 1.54) is 6.07 Å². The fourth-order valence-corrected chi connectivity index (χ4v) is 5.37. The summed E-state index contributed by atoms with van der Waals surface area (Å²) in [5.41, 5.74) is 2.83. The van der Waals surface area contributed by atoms with E-state index in [-0.39, 0.29) is 10.9 Å². The van der Waals surface area contributed by atoms with Crippen LogP contribution in [0.15, 0.2) is 47.4 Å². The van der Waals surface area contributed by atoms with Crippen molar-refractivity contribution >= 4 is 15.7 Å². The summed E-state index contributed by atoms with van der Waals surface area (Å²) in [6, 6.07) is 14.5. The summed E-state index contributed by atoms with van der Waals surface area (Å²) >= 11 is 0. The van der Waals surface area contributed by atoms with Crippen LogP contribution in [0.3, 0.4) is 0 Å². The summed E-state index contributed by atoms with van der Waals surface area (Å²) in [5, 5.41) is 9.13. The first kappa shape index (κ1) is 16.5. The van der Waals surface area contributed by atoms with E-state index in [2.05, 4.69) is 0 Å². The molecule has 0 aliphatic carbocycles. The van der Waals surface area contributed by atoms with E-state index in [4.69, 9.17) is 5.26 Å². The molecular formula is C19H20N2O2S. The number of fused-ring (bicyclic) bond motifs is 1. The first-order chi connectivity index (χ1) is 11.5. The van der Waals surface area contributed by atoms with Gasteiger partial charge in [0.05, 0.1) is 22.2 Å². The number of nitriles is 1. The first-order valence-corrected chi connectivity index (χ1v) is 9.56. The van der Waals surface area contributed by atoms with Crippen molar-refractivity contribution in [2.24, 2.45) is 0 Å². The maximum atomic E-state index is 13.4. The summed E-state index contributed by atoms with van der Waals surface area (Å²) in [6.45, 7) is 3.78. The van der Waals surface area contributed by atoms with E-state index in [9.17, 15) is 8.42 Å². The number of para-hydroxylation sites is 1. The molecule has 0 aromatic heterocycles. The van der Waals surface area contributed by atoms with E-state index >= 15 is 0 Å². The van der Waals surface area contributed by atoms with Gasteiger partial charge >= 0.3 is 0 Å². The Labute approximate surface area is 143 Å². The van der Waals surface area contributed by atoms with Crippen LogP contribution in [-0.2, 0) is 16.4 Å². The highest BCUT2D eigenvalue weighted by Gasteiger charge is 2.35. The van der Waals surface area contributed by atoms with Crippen molar-refractivity contribution in [2.75, 3.05) is 4.31 Å². The molecule has 5 heteroatoms. The van der Waals surface area contributed by atoms with Crippen LogP contribution < -0.4 is 4.31 Å². The lowest BCUT2D eigenvalue weighted by molar-refractivity contribution is 0.537. The molecule has 0 radical (unpaired) electrons. The average molecular weight is 340 g/mol. The number of hydrogen-bond acceptors (Lipinski definition) is 3. The third-order valence-corrected chi connectivity index (χ3v) is 6.64. The number of rotatable bonds is 3. The summed E-state index contributed by atoms with van der Waals surface area (Å²) in [5.74, 6) is 0. The van der Waals surface area contributed by atoms with E-state index in [1.54, 1.807) is 23.4 Å². The van der Waals surface area contributed by atoms with Crippen molar-refractivity contribution < 1.29 is 8.42 Å². The van der Waals surface area contributed by atoms with Crippen LogP contribution in [0.4, 0.5) is 5.69 Å². The molecule has 0 N–H and O–H groups in total. The van der Waals surface area contributed by atoms with Gasteiger partial charge in [-0.05, 0) is 55.5 Å². The highest BCUT2D eigenvalue weighted by molar-refractivity contribution is 7.93. The third-order valence-electron chi connectivity index (χ3n) is 4.63. The summed E-state index contributed by atoms with van der Waals surface area (Å²) in [7, 11) is -3.72. The van der Waals surface area contributed by atoms with Gasteiger partial charge in [-0.2, -0.15) is 5.26 Å². The van der Waals surface area contributed by atoms with Gasteiger partial charge in [-0.25, -0.2) is 8.42 Å². The maximum absolute atomic E-state index is 13.4. The number of hydrogen-bond donors (Lipinski definition) is 0. The zero-order valence-corrected chi connectivity index (χ0v) is 14.7. The smallest absolute Gasteiger partial charge is 0.263 e. The number of sulfonamides is 1. The molecule has 1 heterocycles. The van der Waals surface area contributed by atoms with Crippen molar-refractivity contribution in [1.82, 2.24) is 0 Å². The average Bonchev–Trinajstić information content (AvgIpc) is 2.60. The molecule has 0 bridgehead atoms. The topological polar surface area (TPSA) is 61.2 Å². The SMILES string of the molecule is CCC1CCc2ccccc2N1S(=O)(=O)c1cc(C#N)ccc1C. The van der Waals surface area contributed by atoms with Crippen molar-refractivity contribution in [3.05, 3.63) is 59.2 Å². The molecule has 4 nitrogen and oxygen atoms in total. The van der Waals surface area contributed by atoms with Crippen molar-refractivity contribution in [3.63, 3.8) is 0 Å². The van der Waals surface area contributed by atoms with E-state index < -0.39 is 10.0 Å². The lowest BCUT2D eigenvalue weighted by atomic mass is 9.97. The Bertz CT molecular complexity index is 913. The summed E-state index contributed by atoms with van der Waals surface area (Å²) < 4.78 is 28.4. The van der Waals surface area contributed by atoms with Gasteiger partial charge in [-0.15, -0.1) is 0 Å². The lowest BCUT2D eigenvalue weighted by Crippen LogP contribution is -2.43. The molecular weight excluding hydrogens is 320 g/mol. The number of benzene rings is 2. The standard InChI is InChI=1S/C19H20N2O2S/c1-3-17-11-10-16-6-4-5-7-18(16)21(17)24(22,23)19-12-15(13-20)9-8-14(19)2/h4-9,12,17H,3,10-11H2,1-2H3. The fourth-order valence-electron chi connectivity index (χ4n) is 3.32. The van der Waals surface area contributed by atoms with Crippen molar-refractivity contribution in [2.45, 2.75) is 44.0 Å². The minimum absolute atomic E-state index is 0.0601. The second-order valence-electron chi connectivity index (χ2n) is 6.12. The molecule has 124 valence electrons. The van der Waals surface area contributed by atoms with Gasteiger partial charge in [0.15, 0.2) is 0 Å². The monoisotopic (exact) mass is 340 g/mol. The minimum atomic E-state index is -3.72. The third kappa shape index (κ3) is 2.67. The van der Waals surface area contributed by atoms with Crippen LogP contribution in [0, 0.1) is 18.3 Å². The van der Waals surface area contributed by atoms with Gasteiger partial charge in [0.25, 0.3) is 10.0 Å². The van der Waals surface area contributed by atoms with E-state index in [0.717, 1.165) is 30.5 Å². The molecule has 1 atom stereocenters. The van der Waals surface area contributed by atoms with Gasteiger partial charge in [0.2, 0.25) is 0 Å². The molecule has 0 amide bonds. The molecule has 1 aliphatic rings. The fraction of sp³-hybridized carbons (Fsp3) is 0.316. The molecule has 1 unspecified atom stereocenters. The zero-order valence-electron chi connectivity index (χ0n) is 13.9. The van der Waals surface area contributed by atoms with Gasteiger partial charge in [0, 0.05) is 6.04 Å². The first-order valence-electron chi connectivity index (χ1n) is 8.12. The maximum Gasteiger partial charge on any atom is 0.264 e. The zero-order chi connectivity index (χ0) is 17.3. The largest absolute Gasteiger partial charge is 0.264 e. The van der Waals surface area contributed by atoms with E-state index in [0.29, 0.717) is 11.1 Å². The van der Waals surface area contributed by atoms with Crippen LogP contribution in [0.25, 0.3) is 0 Å². The predicted octanol–water partition coefficient (Wildman–Crippen LogP) is 3.79. The molecule has 24 heavy (non-hydrogen) atoms. The minimum Gasteiger partial charge on any atom is -0.263 e. The van der Waals surface area contributed by atoms with Crippen molar-refractivity contribution in [1.29, 1.82) is 5.26 Å². The van der Waals surface area contributed by atoms with Crippen LogP contribution in [0.1, 0.15) is 36.5 Å². The number of anilines is 1. The van der Waals surface area contributed by atoms with Crippen LogP contribution in [-0.4, -0.2) is 14.5 Å². The molecule has 0 fully saturated rings. The Morgan fingerprint density at radius 2 is 2.00 bits per heavy atom.